The van der Waals surface area contributed by atoms with Gasteiger partial charge in [0.05, 0.1) is 50.7 Å². The van der Waals surface area contributed by atoms with Crippen LogP contribution in [0.15, 0.2) is 91.0 Å². The number of aliphatic hydroxyl groups is 1. The van der Waals surface area contributed by atoms with Gasteiger partial charge in [0.1, 0.15) is 6.10 Å². The summed E-state index contributed by atoms with van der Waals surface area (Å²) in [5, 5.41) is 17.6. The summed E-state index contributed by atoms with van der Waals surface area (Å²) in [6, 6.07) is 28.6. The maximum Gasteiger partial charge on any atom is 0.407 e. The fourth-order valence-electron chi connectivity index (χ4n) is 6.38. The monoisotopic (exact) mass is 708 g/mol. The van der Waals surface area contributed by atoms with E-state index in [-0.39, 0.29) is 36.9 Å². The molecule has 3 aromatic rings. The Morgan fingerprint density at radius 3 is 2.12 bits per heavy atom. The number of ether oxygens (including phenoxy) is 3. The van der Waals surface area contributed by atoms with Crippen LogP contribution in [0.25, 0.3) is 0 Å². The van der Waals surface area contributed by atoms with Gasteiger partial charge in [0, 0.05) is 13.1 Å². The number of benzene rings is 3. The first kappa shape index (κ1) is 38.2. The molecule has 2 fully saturated rings. The molecule has 0 aliphatic carbocycles. The third-order valence-electron chi connectivity index (χ3n) is 9.34. The van der Waals surface area contributed by atoms with Gasteiger partial charge in [-0.1, -0.05) is 111 Å². The molecule has 5 unspecified atom stereocenters. The highest BCUT2D eigenvalue weighted by Crippen LogP contribution is 2.50. The number of carbonyl (C=O) groups excluding carboxylic acids is 1. The number of alkyl carbamates (subject to hydrolysis) is 1. The topological polar surface area (TPSA) is 125 Å². The lowest BCUT2D eigenvalue weighted by molar-refractivity contribution is -0.0907. The molecule has 0 bridgehead atoms. The van der Waals surface area contributed by atoms with Crippen LogP contribution in [-0.2, 0) is 47.5 Å². The largest absolute Gasteiger partial charge is 0.443 e. The molecule has 2 aliphatic heterocycles. The van der Waals surface area contributed by atoms with Crippen molar-refractivity contribution in [2.75, 3.05) is 32.5 Å². The number of unbranched alkanes of at least 4 members (excludes halogenated alkanes) is 1. The maximum absolute atomic E-state index is 13.8. The lowest BCUT2D eigenvalue weighted by atomic mass is 9.87. The van der Waals surface area contributed by atoms with Gasteiger partial charge in [0.25, 0.3) is 0 Å². The fourth-order valence-corrected chi connectivity index (χ4v) is 8.02. The number of nitrogens with one attached hydrogen (secondary N) is 2. The first-order valence-electron chi connectivity index (χ1n) is 17.8. The first-order chi connectivity index (χ1) is 24.2. The second-order valence-corrected chi connectivity index (χ2v) is 16.3. The molecule has 2 aliphatic rings. The van der Waals surface area contributed by atoms with Crippen LogP contribution >= 0.6 is 7.60 Å². The second kappa shape index (κ2) is 19.0. The SMILES string of the molecule is CC(C)(CCCCP(=O)(OCc1ccccc1)OCc1ccccc1)CNCC(O)C(Cc1ccccc1)NC(=O)OC1COC2OCCC12. The van der Waals surface area contributed by atoms with Crippen molar-refractivity contribution in [3.63, 3.8) is 0 Å². The summed E-state index contributed by atoms with van der Waals surface area (Å²) in [4.78, 5) is 13.0. The predicted molar refractivity (Wildman–Crippen MR) is 193 cm³/mol. The molecular weight excluding hydrogens is 655 g/mol. The average Bonchev–Trinajstić information content (AvgIpc) is 3.75. The lowest BCUT2D eigenvalue weighted by Gasteiger charge is -2.29. The molecule has 2 saturated heterocycles. The Labute approximate surface area is 296 Å². The van der Waals surface area contributed by atoms with Crippen LogP contribution in [0.5, 0.6) is 0 Å². The summed E-state index contributed by atoms with van der Waals surface area (Å²) >= 11 is 0. The van der Waals surface area contributed by atoms with E-state index in [1.54, 1.807) is 0 Å². The van der Waals surface area contributed by atoms with Crippen molar-refractivity contribution < 1.29 is 37.7 Å². The molecule has 1 amide bonds. The van der Waals surface area contributed by atoms with E-state index in [0.29, 0.717) is 45.3 Å². The highest BCUT2D eigenvalue weighted by molar-refractivity contribution is 7.53. The van der Waals surface area contributed by atoms with E-state index in [1.165, 1.54) is 0 Å². The Kier molecular flexibility index (Phi) is 14.5. The molecule has 10 nitrogen and oxygen atoms in total. The molecule has 3 N–H and O–H groups in total. The molecule has 0 spiro atoms. The summed E-state index contributed by atoms with van der Waals surface area (Å²) in [5.74, 6) is 0.0395. The molecular formula is C39H53N2O8P. The van der Waals surface area contributed by atoms with Gasteiger partial charge in [-0.2, -0.15) is 0 Å². The van der Waals surface area contributed by atoms with Gasteiger partial charge in [-0.25, -0.2) is 4.79 Å². The normalized spacial score (nSPS) is 20.3. The summed E-state index contributed by atoms with van der Waals surface area (Å²) < 4.78 is 42.6. The summed E-state index contributed by atoms with van der Waals surface area (Å²) in [6.07, 6.45) is 1.90. The van der Waals surface area contributed by atoms with Crippen LogP contribution in [0, 0.1) is 11.3 Å². The molecule has 11 heteroatoms. The van der Waals surface area contributed by atoms with Crippen molar-refractivity contribution in [3.05, 3.63) is 108 Å². The molecule has 0 aromatic heterocycles. The first-order valence-corrected chi connectivity index (χ1v) is 19.5. The Morgan fingerprint density at radius 2 is 1.50 bits per heavy atom. The van der Waals surface area contributed by atoms with Gasteiger partial charge < -0.3 is 39.0 Å². The van der Waals surface area contributed by atoms with Crippen LogP contribution < -0.4 is 10.6 Å². The second-order valence-electron chi connectivity index (χ2n) is 14.1. The van der Waals surface area contributed by atoms with E-state index in [2.05, 4.69) is 24.5 Å². The number of amides is 1. The van der Waals surface area contributed by atoms with Gasteiger partial charge in [-0.05, 0) is 47.8 Å². The smallest absolute Gasteiger partial charge is 0.407 e. The number of hydrogen-bond acceptors (Lipinski definition) is 9. The van der Waals surface area contributed by atoms with E-state index in [0.717, 1.165) is 36.0 Å². The van der Waals surface area contributed by atoms with E-state index >= 15 is 0 Å². The molecule has 3 aromatic carbocycles. The Balaban J connectivity index is 1.07. The quantitative estimate of drug-likeness (QED) is 0.0853. The van der Waals surface area contributed by atoms with Gasteiger partial charge in [-0.15, -0.1) is 0 Å². The fraction of sp³-hybridized carbons (Fsp3) is 0.513. The minimum Gasteiger partial charge on any atom is -0.443 e. The molecule has 50 heavy (non-hydrogen) atoms. The predicted octanol–water partition coefficient (Wildman–Crippen LogP) is 6.86. The van der Waals surface area contributed by atoms with Gasteiger partial charge in [-0.3, -0.25) is 4.57 Å². The standard InChI is InChI=1S/C39H53N2O8P/c1-39(2,21-12-13-23-50(44,47-26-31-16-8-4-9-17-31)48-27-32-18-10-5-11-19-32)29-40-25-35(42)34(24-30-14-6-3-7-15-30)41-38(43)49-36-28-46-37-33(36)20-22-45-37/h3-11,14-19,33-37,40,42H,12-13,20-29H2,1-2H3,(H,41,43). The summed E-state index contributed by atoms with van der Waals surface area (Å²) in [5.41, 5.74) is 2.81. The number of rotatable bonds is 20. The number of fused-ring (bicyclic) bond motifs is 1. The zero-order valence-corrected chi connectivity index (χ0v) is 30.2. The third kappa shape index (κ3) is 12.3. The van der Waals surface area contributed by atoms with Gasteiger partial charge >= 0.3 is 13.7 Å². The average molecular weight is 709 g/mol. The van der Waals surface area contributed by atoms with Crippen LogP contribution in [-0.4, -0.2) is 68.2 Å². The van der Waals surface area contributed by atoms with Crippen LogP contribution in [0.4, 0.5) is 4.79 Å². The van der Waals surface area contributed by atoms with Crippen molar-refractivity contribution in [2.45, 2.75) is 83.7 Å². The Bertz CT molecular complexity index is 1430. The van der Waals surface area contributed by atoms with Gasteiger partial charge in [0.2, 0.25) is 0 Å². The van der Waals surface area contributed by atoms with Crippen LogP contribution in [0.2, 0.25) is 0 Å². The third-order valence-corrected chi connectivity index (χ3v) is 11.3. The minimum atomic E-state index is -3.34. The lowest BCUT2D eigenvalue weighted by Crippen LogP contribution is -2.50. The van der Waals surface area contributed by atoms with Crippen molar-refractivity contribution in [3.8, 4) is 0 Å². The zero-order valence-electron chi connectivity index (χ0n) is 29.3. The van der Waals surface area contributed by atoms with Crippen molar-refractivity contribution in [1.29, 1.82) is 0 Å². The van der Waals surface area contributed by atoms with Crippen molar-refractivity contribution in [1.82, 2.24) is 10.6 Å². The maximum atomic E-state index is 13.8. The Hall–Kier alpha value is -3.08. The van der Waals surface area contributed by atoms with Crippen LogP contribution in [0.1, 0.15) is 56.2 Å². The van der Waals surface area contributed by atoms with Crippen molar-refractivity contribution in [2.24, 2.45) is 11.3 Å². The minimum absolute atomic E-state index is 0.0395. The molecule has 0 saturated carbocycles. The molecule has 0 radical (unpaired) electrons. The summed E-state index contributed by atoms with van der Waals surface area (Å²) in [6.45, 7) is 6.66. The Morgan fingerprint density at radius 1 is 0.900 bits per heavy atom. The van der Waals surface area contributed by atoms with E-state index < -0.39 is 25.8 Å². The highest BCUT2D eigenvalue weighted by Gasteiger charge is 2.44. The van der Waals surface area contributed by atoms with Crippen LogP contribution in [0.3, 0.4) is 0 Å². The van der Waals surface area contributed by atoms with E-state index in [9.17, 15) is 14.5 Å². The number of aliphatic hydroxyl groups excluding tert-OH is 1. The van der Waals surface area contributed by atoms with Gasteiger partial charge in [0.15, 0.2) is 6.29 Å². The molecule has 2 heterocycles. The molecule has 5 atom stereocenters. The number of carbonyl (C=O) groups is 1. The molecule has 272 valence electrons. The highest BCUT2D eigenvalue weighted by atomic mass is 31.2. The zero-order chi connectivity index (χ0) is 35.2. The van der Waals surface area contributed by atoms with E-state index in [1.807, 2.05) is 91.0 Å². The summed E-state index contributed by atoms with van der Waals surface area (Å²) in [7, 11) is -3.34. The number of hydrogen-bond donors (Lipinski definition) is 3. The van der Waals surface area contributed by atoms with Crippen molar-refractivity contribution >= 4 is 13.7 Å². The molecule has 5 rings (SSSR count). The van der Waals surface area contributed by atoms with E-state index in [4.69, 9.17) is 23.3 Å².